The molecule has 5 N–H and O–H groups in total. The van der Waals surface area contributed by atoms with E-state index in [0.29, 0.717) is 0 Å². The number of rotatable bonds is 6. The molecular formula is C10H22NO4P. The summed E-state index contributed by atoms with van der Waals surface area (Å²) in [5.41, 5.74) is 2.34. The molecule has 5 nitrogen and oxygen atoms in total. The molecular weight excluding hydrogens is 229 g/mol. The zero-order valence-electron chi connectivity index (χ0n) is 10.1. The van der Waals surface area contributed by atoms with Gasteiger partial charge in [-0.1, -0.05) is 23.3 Å². The summed E-state index contributed by atoms with van der Waals surface area (Å²) in [6, 6.07) is 0. The predicted molar refractivity (Wildman–Crippen MR) is 65.4 cm³/mol. The van der Waals surface area contributed by atoms with Gasteiger partial charge in [-0.2, -0.15) is 0 Å². The fraction of sp³-hybridized carbons (Fsp3) is 0.600. The normalized spacial score (nSPS) is 11.9. The number of hydrogen-bond acceptors (Lipinski definition) is 3. The lowest BCUT2D eigenvalue weighted by molar-refractivity contribution is 0.215. The molecule has 0 aliphatic rings. The van der Waals surface area contributed by atoms with E-state index in [1.807, 2.05) is 20.8 Å². The topological polar surface area (TPSA) is 102 Å². The van der Waals surface area contributed by atoms with Gasteiger partial charge in [0.15, 0.2) is 0 Å². The third kappa shape index (κ3) is 13.5. The molecule has 96 valence electrons. The Hall–Kier alpha value is -0.450. The first kappa shape index (κ1) is 17.9. The smallest absolute Gasteiger partial charge is 0.344 e. The summed E-state index contributed by atoms with van der Waals surface area (Å²) in [7, 11) is -4.32. The average molecular weight is 251 g/mol. The van der Waals surface area contributed by atoms with Gasteiger partial charge in [0.2, 0.25) is 0 Å². The van der Waals surface area contributed by atoms with E-state index in [2.05, 4.69) is 10.6 Å². The maximum Gasteiger partial charge on any atom is 0.469 e. The predicted octanol–water partition coefficient (Wildman–Crippen LogP) is 2.95. The fourth-order valence-electron chi connectivity index (χ4n) is 0.967. The SMILES string of the molecule is CC(C)=CCCC(C)=CCOP(=O)(O)O.N. The minimum absolute atomic E-state index is 0. The zero-order valence-corrected chi connectivity index (χ0v) is 11.0. The fourth-order valence-corrected chi connectivity index (χ4v) is 1.24. The Labute approximate surface area is 97.0 Å². The van der Waals surface area contributed by atoms with E-state index in [-0.39, 0.29) is 12.8 Å². The van der Waals surface area contributed by atoms with Crippen LogP contribution in [0.15, 0.2) is 23.3 Å². The second-order valence-electron chi connectivity index (χ2n) is 3.66. The molecule has 0 amide bonds. The molecule has 0 saturated heterocycles. The zero-order chi connectivity index (χ0) is 11.9. The Morgan fingerprint density at radius 3 is 2.25 bits per heavy atom. The van der Waals surface area contributed by atoms with Crippen molar-refractivity contribution in [3.8, 4) is 0 Å². The molecule has 0 bridgehead atoms. The van der Waals surface area contributed by atoms with Gasteiger partial charge in [-0.25, -0.2) is 4.57 Å². The van der Waals surface area contributed by atoms with Crippen molar-refractivity contribution in [3.63, 3.8) is 0 Å². The van der Waals surface area contributed by atoms with Crippen molar-refractivity contribution in [2.45, 2.75) is 33.6 Å². The molecule has 0 aromatic heterocycles. The highest BCUT2D eigenvalue weighted by Crippen LogP contribution is 2.35. The van der Waals surface area contributed by atoms with Crippen LogP contribution in [0.3, 0.4) is 0 Å². The van der Waals surface area contributed by atoms with Gasteiger partial charge in [-0.15, -0.1) is 0 Å². The van der Waals surface area contributed by atoms with Gasteiger partial charge in [0.25, 0.3) is 0 Å². The number of allylic oxidation sites excluding steroid dienone is 3. The average Bonchev–Trinajstić information content (AvgIpc) is 2.00. The summed E-state index contributed by atoms with van der Waals surface area (Å²) in [5, 5.41) is 0. The molecule has 6 heteroatoms. The lowest BCUT2D eigenvalue weighted by atomic mass is 10.1. The highest BCUT2D eigenvalue weighted by atomic mass is 31.2. The minimum Gasteiger partial charge on any atom is -0.344 e. The molecule has 0 rings (SSSR count). The van der Waals surface area contributed by atoms with E-state index in [4.69, 9.17) is 9.79 Å². The van der Waals surface area contributed by atoms with Crippen LogP contribution in [0.25, 0.3) is 0 Å². The highest BCUT2D eigenvalue weighted by Gasteiger charge is 2.11. The molecule has 0 unspecified atom stereocenters. The largest absolute Gasteiger partial charge is 0.469 e. The van der Waals surface area contributed by atoms with Gasteiger partial charge in [0.05, 0.1) is 6.61 Å². The summed E-state index contributed by atoms with van der Waals surface area (Å²) in [6.45, 7) is 5.96. The van der Waals surface area contributed by atoms with Crippen molar-refractivity contribution >= 4 is 7.82 Å². The molecule has 0 spiro atoms. The Balaban J connectivity index is 0. The van der Waals surface area contributed by atoms with Crippen LogP contribution in [-0.2, 0) is 9.09 Å². The maximum atomic E-state index is 10.3. The Kier molecular flexibility index (Phi) is 9.72. The summed E-state index contributed by atoms with van der Waals surface area (Å²) < 4.78 is 14.7. The van der Waals surface area contributed by atoms with Crippen molar-refractivity contribution in [1.82, 2.24) is 6.15 Å². The van der Waals surface area contributed by atoms with Crippen LogP contribution in [0.2, 0.25) is 0 Å². The van der Waals surface area contributed by atoms with Gasteiger partial charge < -0.3 is 15.9 Å². The number of phosphoric acid groups is 1. The standard InChI is InChI=1S/C10H19O4P.H3N/c1-9(2)5-4-6-10(3)7-8-14-15(11,12)13;/h5,7H,4,6,8H2,1-3H3,(H2,11,12,13);1H3. The van der Waals surface area contributed by atoms with Gasteiger partial charge in [0, 0.05) is 0 Å². The second kappa shape index (κ2) is 8.67. The molecule has 0 radical (unpaired) electrons. The lowest BCUT2D eigenvalue weighted by Gasteiger charge is -2.03. The minimum atomic E-state index is -4.32. The molecule has 0 aliphatic carbocycles. The molecule has 0 aliphatic heterocycles. The van der Waals surface area contributed by atoms with Gasteiger partial charge in [-0.05, 0) is 33.6 Å². The Morgan fingerprint density at radius 2 is 1.81 bits per heavy atom. The maximum absolute atomic E-state index is 10.3. The number of phosphoric ester groups is 1. The van der Waals surface area contributed by atoms with Gasteiger partial charge in [-0.3, -0.25) is 4.52 Å². The molecule has 0 heterocycles. The van der Waals surface area contributed by atoms with Crippen LogP contribution >= 0.6 is 7.82 Å². The van der Waals surface area contributed by atoms with Gasteiger partial charge in [0.1, 0.15) is 0 Å². The lowest BCUT2D eigenvalue weighted by Crippen LogP contribution is -1.89. The first-order chi connectivity index (χ1) is 6.81. The molecule has 16 heavy (non-hydrogen) atoms. The quantitative estimate of drug-likeness (QED) is 0.497. The highest BCUT2D eigenvalue weighted by molar-refractivity contribution is 7.46. The van der Waals surface area contributed by atoms with Crippen LogP contribution in [0.1, 0.15) is 33.6 Å². The van der Waals surface area contributed by atoms with E-state index in [9.17, 15) is 4.57 Å². The van der Waals surface area contributed by atoms with Crippen LogP contribution in [0, 0.1) is 0 Å². The Bertz CT molecular complexity index is 289. The summed E-state index contributed by atoms with van der Waals surface area (Å²) in [5.74, 6) is 0. The van der Waals surface area contributed by atoms with E-state index in [1.165, 1.54) is 5.57 Å². The molecule has 0 aromatic carbocycles. The monoisotopic (exact) mass is 251 g/mol. The summed E-state index contributed by atoms with van der Waals surface area (Å²) in [4.78, 5) is 16.9. The van der Waals surface area contributed by atoms with Crippen molar-refractivity contribution < 1.29 is 18.9 Å². The van der Waals surface area contributed by atoms with Crippen LogP contribution < -0.4 is 6.15 Å². The van der Waals surface area contributed by atoms with Crippen molar-refractivity contribution in [2.75, 3.05) is 6.61 Å². The first-order valence-corrected chi connectivity index (χ1v) is 6.33. The van der Waals surface area contributed by atoms with Crippen molar-refractivity contribution in [3.05, 3.63) is 23.3 Å². The molecule has 0 saturated carbocycles. The van der Waals surface area contributed by atoms with Crippen molar-refractivity contribution in [2.24, 2.45) is 0 Å². The van der Waals surface area contributed by atoms with Crippen molar-refractivity contribution in [1.29, 1.82) is 0 Å². The van der Waals surface area contributed by atoms with E-state index in [0.717, 1.165) is 18.4 Å². The second-order valence-corrected chi connectivity index (χ2v) is 4.90. The molecule has 0 fully saturated rings. The summed E-state index contributed by atoms with van der Waals surface area (Å²) in [6.07, 6.45) is 5.65. The summed E-state index contributed by atoms with van der Waals surface area (Å²) >= 11 is 0. The van der Waals surface area contributed by atoms with E-state index < -0.39 is 7.82 Å². The Morgan fingerprint density at radius 1 is 1.25 bits per heavy atom. The van der Waals surface area contributed by atoms with Crippen LogP contribution in [0.5, 0.6) is 0 Å². The third-order valence-corrected chi connectivity index (χ3v) is 2.25. The third-order valence-electron chi connectivity index (χ3n) is 1.77. The van der Waals surface area contributed by atoms with E-state index in [1.54, 1.807) is 6.08 Å². The molecule has 0 atom stereocenters. The van der Waals surface area contributed by atoms with Gasteiger partial charge >= 0.3 is 7.82 Å². The first-order valence-electron chi connectivity index (χ1n) is 4.80. The van der Waals surface area contributed by atoms with E-state index >= 15 is 0 Å². The van der Waals surface area contributed by atoms with Crippen LogP contribution in [-0.4, -0.2) is 16.4 Å². The molecule has 0 aromatic rings. The van der Waals surface area contributed by atoms with Crippen LogP contribution in [0.4, 0.5) is 0 Å². The number of hydrogen-bond donors (Lipinski definition) is 3.